The molecule has 2 aliphatic heterocycles. The van der Waals surface area contributed by atoms with E-state index < -0.39 is 16.1 Å². The van der Waals surface area contributed by atoms with Gasteiger partial charge in [0.15, 0.2) is 11.5 Å². The minimum atomic E-state index is -0.893. The molecule has 2 heterocycles. The largest absolute Gasteiger partial charge is 0.493 e. The summed E-state index contributed by atoms with van der Waals surface area (Å²) >= 11 is 0. The monoisotopic (exact) mass is 382 g/mol. The number of hydrogen-bond donors (Lipinski definition) is 1. The number of β-amino-alcohol motifs (C(OH)–C–C–N with tert-alkyl or cyclic N) is 1. The Hall–Kier alpha value is -3.06. The summed E-state index contributed by atoms with van der Waals surface area (Å²) in [7, 11) is 1.47. The summed E-state index contributed by atoms with van der Waals surface area (Å²) in [6.45, 7) is 4.54. The van der Waals surface area contributed by atoms with Gasteiger partial charge < -0.3 is 19.5 Å². The molecule has 1 N–H and O–H groups in total. The number of non-ortho nitro benzene ring substituents is 1. The molecule has 2 aromatic carbocycles. The third-order valence-corrected chi connectivity index (χ3v) is 5.73. The summed E-state index contributed by atoms with van der Waals surface area (Å²) in [4.78, 5) is 12.8. The van der Waals surface area contributed by atoms with Gasteiger partial charge in [-0.3, -0.25) is 10.1 Å². The SMILES string of the molecule is COc1cc([N+](=O)[O-])cc2c1O[C@@]1(C=C2)N(CCO)c2ccccc2C1(C)C. The number of nitro groups is 1. The number of aliphatic hydroxyl groups is 1. The molecule has 1 atom stereocenters. The maximum absolute atomic E-state index is 11.2. The van der Waals surface area contributed by atoms with E-state index in [9.17, 15) is 15.2 Å². The Labute approximate surface area is 163 Å². The molecule has 0 radical (unpaired) electrons. The minimum Gasteiger partial charge on any atom is -0.493 e. The lowest BCUT2D eigenvalue weighted by molar-refractivity contribution is -0.385. The lowest BCUT2D eigenvalue weighted by Crippen LogP contribution is -2.60. The van der Waals surface area contributed by atoms with Gasteiger partial charge in [0, 0.05) is 23.9 Å². The van der Waals surface area contributed by atoms with Crippen LogP contribution in [-0.4, -0.2) is 36.0 Å². The number of para-hydroxylation sites is 1. The van der Waals surface area contributed by atoms with Crippen LogP contribution in [0.25, 0.3) is 6.08 Å². The summed E-state index contributed by atoms with van der Waals surface area (Å²) in [5.41, 5.74) is 1.30. The van der Waals surface area contributed by atoms with Gasteiger partial charge in [-0.1, -0.05) is 18.2 Å². The van der Waals surface area contributed by atoms with Crippen LogP contribution in [0.2, 0.25) is 0 Å². The van der Waals surface area contributed by atoms with Crippen molar-refractivity contribution in [1.29, 1.82) is 0 Å². The number of nitrogens with zero attached hydrogens (tertiary/aromatic N) is 2. The second kappa shape index (κ2) is 6.24. The Morgan fingerprint density at radius 2 is 2.04 bits per heavy atom. The molecule has 7 nitrogen and oxygen atoms in total. The van der Waals surface area contributed by atoms with Crippen molar-refractivity contribution in [3.8, 4) is 11.5 Å². The van der Waals surface area contributed by atoms with Gasteiger partial charge in [0.25, 0.3) is 5.69 Å². The lowest BCUT2D eigenvalue weighted by Gasteiger charge is -2.47. The second-order valence-corrected chi connectivity index (χ2v) is 7.47. The maximum Gasteiger partial charge on any atom is 0.274 e. The van der Waals surface area contributed by atoms with Gasteiger partial charge in [0.1, 0.15) is 0 Å². The number of benzene rings is 2. The van der Waals surface area contributed by atoms with Crippen LogP contribution in [0.4, 0.5) is 11.4 Å². The Morgan fingerprint density at radius 3 is 2.71 bits per heavy atom. The normalized spacial score (nSPS) is 21.2. The molecule has 4 rings (SSSR count). The summed E-state index contributed by atoms with van der Waals surface area (Å²) in [6, 6.07) is 10.9. The van der Waals surface area contributed by atoms with Crippen LogP contribution in [0.1, 0.15) is 25.0 Å². The first-order chi connectivity index (χ1) is 13.4. The quantitative estimate of drug-likeness (QED) is 0.644. The fourth-order valence-electron chi connectivity index (χ4n) is 4.31. The molecule has 0 bridgehead atoms. The fraction of sp³-hybridized carbons (Fsp3) is 0.333. The van der Waals surface area contributed by atoms with E-state index >= 15 is 0 Å². The van der Waals surface area contributed by atoms with Gasteiger partial charge in [-0.15, -0.1) is 0 Å². The van der Waals surface area contributed by atoms with Crippen molar-refractivity contribution < 1.29 is 19.5 Å². The van der Waals surface area contributed by atoms with Gasteiger partial charge in [-0.2, -0.15) is 0 Å². The molecule has 2 aliphatic rings. The predicted octanol–water partition coefficient (Wildman–Crippen LogP) is 3.50. The minimum absolute atomic E-state index is 0.0341. The first-order valence-corrected chi connectivity index (χ1v) is 9.08. The van der Waals surface area contributed by atoms with Gasteiger partial charge in [-0.05, 0) is 37.6 Å². The smallest absolute Gasteiger partial charge is 0.274 e. The van der Waals surface area contributed by atoms with E-state index in [-0.39, 0.29) is 12.3 Å². The second-order valence-electron chi connectivity index (χ2n) is 7.47. The average molecular weight is 382 g/mol. The van der Waals surface area contributed by atoms with Crippen molar-refractivity contribution >= 4 is 17.5 Å². The topological polar surface area (TPSA) is 85.1 Å². The van der Waals surface area contributed by atoms with Crippen LogP contribution in [-0.2, 0) is 5.41 Å². The average Bonchev–Trinajstić information content (AvgIpc) is 2.86. The Morgan fingerprint density at radius 1 is 1.29 bits per heavy atom. The van der Waals surface area contributed by atoms with Gasteiger partial charge in [0.05, 0.1) is 30.1 Å². The highest BCUT2D eigenvalue weighted by Crippen LogP contribution is 2.56. The Bertz CT molecular complexity index is 985. The fourth-order valence-corrected chi connectivity index (χ4v) is 4.31. The number of aliphatic hydroxyl groups excluding tert-OH is 1. The molecule has 7 heteroatoms. The predicted molar refractivity (Wildman–Crippen MR) is 106 cm³/mol. The number of anilines is 1. The third kappa shape index (κ3) is 2.32. The zero-order valence-corrected chi connectivity index (χ0v) is 16.0. The van der Waals surface area contributed by atoms with Crippen LogP contribution in [0.15, 0.2) is 42.5 Å². The third-order valence-electron chi connectivity index (χ3n) is 5.73. The molecule has 28 heavy (non-hydrogen) atoms. The molecule has 0 saturated carbocycles. The molecule has 146 valence electrons. The van der Waals surface area contributed by atoms with Gasteiger partial charge >= 0.3 is 0 Å². The van der Waals surface area contributed by atoms with Crippen molar-refractivity contribution in [1.82, 2.24) is 0 Å². The summed E-state index contributed by atoms with van der Waals surface area (Å²) in [5, 5.41) is 21.0. The van der Waals surface area contributed by atoms with E-state index in [0.29, 0.717) is 23.6 Å². The first kappa shape index (κ1) is 18.3. The number of methoxy groups -OCH3 is 1. The Balaban J connectivity index is 1.91. The molecule has 0 aromatic heterocycles. The highest BCUT2D eigenvalue weighted by molar-refractivity contribution is 5.75. The molecular formula is C21H22N2O5. The van der Waals surface area contributed by atoms with E-state index in [1.54, 1.807) is 0 Å². The number of fused-ring (bicyclic) bond motifs is 2. The van der Waals surface area contributed by atoms with Crippen LogP contribution in [0, 0.1) is 10.1 Å². The lowest BCUT2D eigenvalue weighted by atomic mass is 9.76. The van der Waals surface area contributed by atoms with Crippen molar-refractivity contribution in [2.45, 2.75) is 25.0 Å². The van der Waals surface area contributed by atoms with Crippen molar-refractivity contribution in [2.75, 3.05) is 25.2 Å². The van der Waals surface area contributed by atoms with Crippen LogP contribution in [0.5, 0.6) is 11.5 Å². The van der Waals surface area contributed by atoms with E-state index in [2.05, 4.69) is 19.9 Å². The van der Waals surface area contributed by atoms with Crippen LogP contribution >= 0.6 is 0 Å². The molecule has 0 aliphatic carbocycles. The molecule has 0 unspecified atom stereocenters. The number of nitro benzene ring substituents is 1. The highest BCUT2D eigenvalue weighted by Gasteiger charge is 2.59. The van der Waals surface area contributed by atoms with E-state index in [4.69, 9.17) is 9.47 Å². The zero-order chi connectivity index (χ0) is 20.1. The molecule has 0 fully saturated rings. The Kier molecular flexibility index (Phi) is 4.08. The maximum atomic E-state index is 11.2. The number of hydrogen-bond acceptors (Lipinski definition) is 6. The summed E-state index contributed by atoms with van der Waals surface area (Å²) in [5.74, 6) is 0.767. The summed E-state index contributed by atoms with van der Waals surface area (Å²) < 4.78 is 12.0. The summed E-state index contributed by atoms with van der Waals surface area (Å²) in [6.07, 6.45) is 3.76. The van der Waals surface area contributed by atoms with E-state index in [1.165, 1.54) is 19.2 Å². The van der Waals surface area contributed by atoms with Gasteiger partial charge in [0.2, 0.25) is 5.72 Å². The van der Waals surface area contributed by atoms with Crippen molar-refractivity contribution in [3.63, 3.8) is 0 Å². The van der Waals surface area contributed by atoms with Crippen molar-refractivity contribution in [2.24, 2.45) is 0 Å². The first-order valence-electron chi connectivity index (χ1n) is 9.08. The standard InChI is InChI=1S/C21H22N2O5/c1-20(2)16-6-4-5-7-17(16)22(10-11-24)21(20)9-8-14-12-15(23(25)26)13-18(27-3)19(14)28-21/h4-9,12-13,24H,10-11H2,1-3H3/t21-/m1/s1. The molecule has 2 aromatic rings. The molecular weight excluding hydrogens is 360 g/mol. The number of rotatable bonds is 4. The molecule has 0 saturated heterocycles. The number of ether oxygens (including phenoxy) is 2. The van der Waals surface area contributed by atoms with Crippen molar-refractivity contribution in [3.05, 3.63) is 63.7 Å². The van der Waals surface area contributed by atoms with Crippen LogP contribution in [0.3, 0.4) is 0 Å². The zero-order valence-electron chi connectivity index (χ0n) is 16.0. The van der Waals surface area contributed by atoms with E-state index in [1.807, 2.05) is 35.3 Å². The molecule has 0 amide bonds. The van der Waals surface area contributed by atoms with Crippen LogP contribution < -0.4 is 14.4 Å². The highest BCUT2D eigenvalue weighted by atomic mass is 16.6. The van der Waals surface area contributed by atoms with E-state index in [0.717, 1.165) is 11.3 Å². The van der Waals surface area contributed by atoms with Gasteiger partial charge in [-0.25, -0.2) is 0 Å². The molecule has 1 spiro atoms.